The van der Waals surface area contributed by atoms with Gasteiger partial charge in [0.25, 0.3) is 0 Å². The minimum atomic E-state index is 0.523. The number of hydrogen-bond donors (Lipinski definition) is 0. The first-order valence-corrected chi connectivity index (χ1v) is 4.04. The van der Waals surface area contributed by atoms with Gasteiger partial charge in [-0.1, -0.05) is 5.92 Å². The summed E-state index contributed by atoms with van der Waals surface area (Å²) in [6.45, 7) is 0. The molecule has 0 aliphatic heterocycles. The van der Waals surface area contributed by atoms with Gasteiger partial charge in [0.15, 0.2) is 11.5 Å². The van der Waals surface area contributed by atoms with E-state index in [4.69, 9.17) is 20.6 Å². The SMILES string of the molecule is C#Cc1c(OC)ccc(OC)c1OC. The zero-order valence-electron chi connectivity index (χ0n) is 8.46. The van der Waals surface area contributed by atoms with E-state index in [1.165, 1.54) is 7.11 Å². The Balaban J connectivity index is 3.38. The summed E-state index contributed by atoms with van der Waals surface area (Å²) in [6.07, 6.45) is 5.36. The number of ether oxygens (including phenoxy) is 3. The van der Waals surface area contributed by atoms with Crippen molar-refractivity contribution in [2.45, 2.75) is 0 Å². The summed E-state index contributed by atoms with van der Waals surface area (Å²) in [7, 11) is 4.66. The van der Waals surface area contributed by atoms with Crippen molar-refractivity contribution in [3.63, 3.8) is 0 Å². The van der Waals surface area contributed by atoms with Crippen LogP contribution in [-0.2, 0) is 0 Å². The van der Waals surface area contributed by atoms with Gasteiger partial charge in [-0.25, -0.2) is 0 Å². The van der Waals surface area contributed by atoms with Crippen LogP contribution in [0.25, 0.3) is 0 Å². The summed E-state index contributed by atoms with van der Waals surface area (Å²) in [4.78, 5) is 0. The van der Waals surface area contributed by atoms with E-state index in [2.05, 4.69) is 5.92 Å². The lowest BCUT2D eigenvalue weighted by Crippen LogP contribution is -1.96. The Morgan fingerprint density at radius 3 is 2.00 bits per heavy atom. The third kappa shape index (κ3) is 1.60. The molecular weight excluding hydrogens is 180 g/mol. The predicted octanol–water partition coefficient (Wildman–Crippen LogP) is 1.69. The Labute approximate surface area is 83.6 Å². The zero-order valence-corrected chi connectivity index (χ0v) is 8.46. The van der Waals surface area contributed by atoms with Crippen LogP contribution in [0.5, 0.6) is 17.2 Å². The second-order valence-corrected chi connectivity index (χ2v) is 2.52. The van der Waals surface area contributed by atoms with Crippen molar-refractivity contribution in [2.75, 3.05) is 21.3 Å². The highest BCUT2D eigenvalue weighted by molar-refractivity contribution is 5.60. The van der Waals surface area contributed by atoms with Crippen molar-refractivity contribution in [2.24, 2.45) is 0 Å². The normalized spacial score (nSPS) is 9.00. The van der Waals surface area contributed by atoms with Gasteiger partial charge in [0, 0.05) is 0 Å². The number of terminal acetylenes is 1. The zero-order chi connectivity index (χ0) is 10.6. The fourth-order valence-corrected chi connectivity index (χ4v) is 1.22. The van der Waals surface area contributed by atoms with Crippen LogP contribution in [0.3, 0.4) is 0 Å². The molecule has 0 aliphatic carbocycles. The topological polar surface area (TPSA) is 27.7 Å². The minimum absolute atomic E-state index is 0.523. The van der Waals surface area contributed by atoms with E-state index in [9.17, 15) is 0 Å². The minimum Gasteiger partial charge on any atom is -0.495 e. The fourth-order valence-electron chi connectivity index (χ4n) is 1.22. The summed E-state index contributed by atoms with van der Waals surface area (Å²) < 4.78 is 15.4. The third-order valence-corrected chi connectivity index (χ3v) is 1.87. The predicted molar refractivity (Wildman–Crippen MR) is 54.0 cm³/mol. The molecule has 74 valence electrons. The van der Waals surface area contributed by atoms with Crippen LogP contribution in [0.4, 0.5) is 0 Å². The van der Waals surface area contributed by atoms with Gasteiger partial charge in [-0.15, -0.1) is 6.42 Å². The molecule has 3 nitrogen and oxygen atoms in total. The maximum Gasteiger partial charge on any atom is 0.180 e. The summed E-state index contributed by atoms with van der Waals surface area (Å²) in [5, 5.41) is 0. The first-order valence-electron chi connectivity index (χ1n) is 4.04. The van der Waals surface area contributed by atoms with Crippen molar-refractivity contribution in [1.82, 2.24) is 0 Å². The van der Waals surface area contributed by atoms with Crippen LogP contribution in [0.2, 0.25) is 0 Å². The van der Waals surface area contributed by atoms with Crippen LogP contribution in [0.1, 0.15) is 5.56 Å². The highest BCUT2D eigenvalue weighted by Crippen LogP contribution is 2.36. The Hall–Kier alpha value is -1.82. The van der Waals surface area contributed by atoms with Gasteiger partial charge in [0.1, 0.15) is 11.3 Å². The van der Waals surface area contributed by atoms with E-state index in [0.29, 0.717) is 22.8 Å². The molecular formula is C11H12O3. The number of benzene rings is 1. The molecule has 0 spiro atoms. The molecule has 0 atom stereocenters. The highest BCUT2D eigenvalue weighted by Gasteiger charge is 2.13. The molecule has 0 saturated heterocycles. The first kappa shape index (κ1) is 10.3. The molecule has 1 aromatic rings. The molecule has 0 unspecified atom stereocenters. The lowest BCUT2D eigenvalue weighted by Gasteiger charge is -2.12. The van der Waals surface area contributed by atoms with Gasteiger partial charge in [-0.05, 0) is 12.1 Å². The standard InChI is InChI=1S/C11H12O3/c1-5-8-9(12-2)6-7-10(13-3)11(8)14-4/h1,6-7H,2-4H3. The van der Waals surface area contributed by atoms with E-state index in [1.54, 1.807) is 26.4 Å². The molecule has 0 bridgehead atoms. The van der Waals surface area contributed by atoms with Gasteiger partial charge >= 0.3 is 0 Å². The van der Waals surface area contributed by atoms with Crippen molar-refractivity contribution in [3.8, 4) is 29.6 Å². The number of hydrogen-bond acceptors (Lipinski definition) is 3. The van der Waals surface area contributed by atoms with E-state index < -0.39 is 0 Å². The van der Waals surface area contributed by atoms with Crippen molar-refractivity contribution >= 4 is 0 Å². The maximum absolute atomic E-state index is 5.36. The average Bonchev–Trinajstić information content (AvgIpc) is 2.26. The fraction of sp³-hybridized carbons (Fsp3) is 0.273. The molecule has 0 heterocycles. The summed E-state index contributed by atoms with van der Waals surface area (Å²) in [5.74, 6) is 4.23. The molecule has 0 radical (unpaired) electrons. The van der Waals surface area contributed by atoms with E-state index >= 15 is 0 Å². The highest BCUT2D eigenvalue weighted by atomic mass is 16.5. The van der Waals surface area contributed by atoms with Crippen LogP contribution >= 0.6 is 0 Å². The van der Waals surface area contributed by atoms with Crippen LogP contribution < -0.4 is 14.2 Å². The largest absolute Gasteiger partial charge is 0.495 e. The van der Waals surface area contributed by atoms with E-state index in [1.807, 2.05) is 0 Å². The Bertz CT molecular complexity index is 364. The van der Waals surface area contributed by atoms with Crippen molar-refractivity contribution in [1.29, 1.82) is 0 Å². The van der Waals surface area contributed by atoms with Crippen molar-refractivity contribution < 1.29 is 14.2 Å². The lowest BCUT2D eigenvalue weighted by atomic mass is 10.1. The lowest BCUT2D eigenvalue weighted by molar-refractivity contribution is 0.348. The van der Waals surface area contributed by atoms with Crippen LogP contribution in [0, 0.1) is 12.3 Å². The maximum atomic E-state index is 5.36. The average molecular weight is 192 g/mol. The van der Waals surface area contributed by atoms with E-state index in [-0.39, 0.29) is 0 Å². The van der Waals surface area contributed by atoms with Gasteiger partial charge in [0.05, 0.1) is 21.3 Å². The summed E-state index contributed by atoms with van der Waals surface area (Å²) in [5.41, 5.74) is 0.564. The molecule has 1 rings (SSSR count). The third-order valence-electron chi connectivity index (χ3n) is 1.87. The van der Waals surface area contributed by atoms with Gasteiger partial charge < -0.3 is 14.2 Å². The molecule has 0 amide bonds. The molecule has 1 aromatic carbocycles. The second-order valence-electron chi connectivity index (χ2n) is 2.52. The second kappa shape index (κ2) is 4.43. The Morgan fingerprint density at radius 2 is 1.57 bits per heavy atom. The summed E-state index contributed by atoms with van der Waals surface area (Å²) >= 11 is 0. The van der Waals surface area contributed by atoms with E-state index in [0.717, 1.165) is 0 Å². The molecule has 0 fully saturated rings. The van der Waals surface area contributed by atoms with Gasteiger partial charge in [-0.3, -0.25) is 0 Å². The quantitative estimate of drug-likeness (QED) is 0.682. The van der Waals surface area contributed by atoms with Crippen molar-refractivity contribution in [3.05, 3.63) is 17.7 Å². The first-order chi connectivity index (χ1) is 6.78. The Morgan fingerprint density at radius 1 is 1.00 bits per heavy atom. The molecule has 0 aliphatic rings. The van der Waals surface area contributed by atoms with Crippen LogP contribution in [0.15, 0.2) is 12.1 Å². The molecule has 0 N–H and O–H groups in total. The molecule has 3 heteroatoms. The number of rotatable bonds is 3. The number of methoxy groups -OCH3 is 3. The molecule has 0 aromatic heterocycles. The Kier molecular flexibility index (Phi) is 3.24. The van der Waals surface area contributed by atoms with Gasteiger partial charge in [-0.2, -0.15) is 0 Å². The molecule has 14 heavy (non-hydrogen) atoms. The summed E-state index contributed by atoms with van der Waals surface area (Å²) in [6, 6.07) is 3.50. The monoisotopic (exact) mass is 192 g/mol. The smallest absolute Gasteiger partial charge is 0.180 e. The molecule has 0 saturated carbocycles. The van der Waals surface area contributed by atoms with Crippen LogP contribution in [-0.4, -0.2) is 21.3 Å². The van der Waals surface area contributed by atoms with Gasteiger partial charge in [0.2, 0.25) is 0 Å².